The van der Waals surface area contributed by atoms with E-state index in [4.69, 9.17) is 0 Å². The first-order valence-corrected chi connectivity index (χ1v) is 11.8. The van der Waals surface area contributed by atoms with Crippen LogP contribution >= 0.6 is 34.4 Å². The van der Waals surface area contributed by atoms with Crippen LogP contribution in [0.5, 0.6) is 0 Å². The summed E-state index contributed by atoms with van der Waals surface area (Å²) in [6, 6.07) is 11.8. The Morgan fingerprint density at radius 2 is 2.10 bits per heavy atom. The Morgan fingerprint density at radius 3 is 2.80 bits per heavy atom. The predicted molar refractivity (Wildman–Crippen MR) is 126 cm³/mol. The molecule has 0 fully saturated rings. The lowest BCUT2D eigenvalue weighted by Gasteiger charge is -2.09. The van der Waals surface area contributed by atoms with Gasteiger partial charge < -0.3 is 5.32 Å². The molecule has 0 unspecified atom stereocenters. The Bertz CT molecular complexity index is 1270. The molecule has 152 valence electrons. The number of thiophene rings is 1. The van der Waals surface area contributed by atoms with Gasteiger partial charge >= 0.3 is 0 Å². The fourth-order valence-corrected chi connectivity index (χ4v) is 5.43. The molecule has 0 saturated carbocycles. The smallest absolute Gasteiger partial charge is 0.263 e. The Hall–Kier alpha value is -2.75. The summed E-state index contributed by atoms with van der Waals surface area (Å²) in [6.07, 6.45) is 1.65. The Kier molecular flexibility index (Phi) is 6.12. The quantitative estimate of drug-likeness (QED) is 0.246. The van der Waals surface area contributed by atoms with Crippen LogP contribution in [0.3, 0.4) is 0 Å². The normalized spacial score (nSPS) is 11.0. The van der Waals surface area contributed by atoms with E-state index in [0.717, 1.165) is 16.1 Å². The molecule has 3 heterocycles. The molecule has 0 radical (unpaired) electrons. The molecule has 3 aromatic heterocycles. The van der Waals surface area contributed by atoms with Crippen molar-refractivity contribution < 1.29 is 4.79 Å². The summed E-state index contributed by atoms with van der Waals surface area (Å²) >= 11 is 4.08. The first-order chi connectivity index (χ1) is 14.5. The standard InChI is InChI=1S/C21H18N4O2S3/c1-3-9-25-19(27)15-10-16(14-7-5-4-6-8-14)30-18(15)24-21(25)29-12-17(26)23-20-22-13(2)11-28-20/h3-8,10-11H,1,9,12H2,2H3,(H,22,23,26). The van der Waals surface area contributed by atoms with Crippen molar-refractivity contribution in [2.24, 2.45) is 0 Å². The number of aryl methyl sites for hydroxylation is 1. The second-order valence-corrected chi connectivity index (χ2v) is 9.26. The van der Waals surface area contributed by atoms with Crippen LogP contribution in [0.15, 0.2) is 64.4 Å². The van der Waals surface area contributed by atoms with Crippen molar-refractivity contribution in [1.29, 1.82) is 0 Å². The molecule has 0 bridgehead atoms. The number of carbonyl (C=O) groups excluding carboxylic acids is 1. The lowest BCUT2D eigenvalue weighted by molar-refractivity contribution is -0.113. The minimum atomic E-state index is -0.190. The minimum Gasteiger partial charge on any atom is -0.301 e. The number of rotatable bonds is 7. The molecule has 1 amide bonds. The molecule has 0 spiro atoms. The van der Waals surface area contributed by atoms with Crippen molar-refractivity contribution in [3.63, 3.8) is 0 Å². The Labute approximate surface area is 185 Å². The number of hydrogen-bond donors (Lipinski definition) is 1. The highest BCUT2D eigenvalue weighted by Gasteiger charge is 2.16. The highest BCUT2D eigenvalue weighted by molar-refractivity contribution is 7.99. The summed E-state index contributed by atoms with van der Waals surface area (Å²) in [6.45, 7) is 5.95. The van der Waals surface area contributed by atoms with E-state index in [1.807, 2.05) is 48.7 Å². The molecule has 1 aromatic carbocycles. The maximum absolute atomic E-state index is 13.1. The molecule has 4 rings (SSSR count). The van der Waals surface area contributed by atoms with Crippen molar-refractivity contribution in [1.82, 2.24) is 14.5 Å². The average molecular weight is 455 g/mol. The first kappa shape index (κ1) is 20.5. The van der Waals surface area contributed by atoms with Crippen LogP contribution in [0.4, 0.5) is 5.13 Å². The molecule has 0 aliphatic heterocycles. The molecule has 9 heteroatoms. The number of thioether (sulfide) groups is 1. The van der Waals surface area contributed by atoms with Gasteiger partial charge in [0.15, 0.2) is 10.3 Å². The third-order valence-corrected chi connectivity index (χ3v) is 7.11. The molecule has 1 N–H and O–H groups in total. The van der Waals surface area contributed by atoms with Crippen LogP contribution in [0.2, 0.25) is 0 Å². The molecular weight excluding hydrogens is 436 g/mol. The number of amides is 1. The molecular formula is C21H18N4O2S3. The van der Waals surface area contributed by atoms with Gasteiger partial charge in [0.2, 0.25) is 5.91 Å². The van der Waals surface area contributed by atoms with Crippen LogP contribution in [0.1, 0.15) is 5.69 Å². The highest BCUT2D eigenvalue weighted by atomic mass is 32.2. The van der Waals surface area contributed by atoms with Gasteiger partial charge in [-0.1, -0.05) is 48.2 Å². The third-order valence-electron chi connectivity index (χ3n) is 4.18. The van der Waals surface area contributed by atoms with Gasteiger partial charge in [-0.3, -0.25) is 14.2 Å². The lowest BCUT2D eigenvalue weighted by atomic mass is 10.2. The molecule has 4 aromatic rings. The summed E-state index contributed by atoms with van der Waals surface area (Å²) < 4.78 is 1.56. The summed E-state index contributed by atoms with van der Waals surface area (Å²) in [4.78, 5) is 36.0. The van der Waals surface area contributed by atoms with Gasteiger partial charge in [0.05, 0.1) is 16.8 Å². The Balaban J connectivity index is 1.62. The average Bonchev–Trinajstić information content (AvgIpc) is 3.36. The van der Waals surface area contributed by atoms with Crippen molar-refractivity contribution in [3.05, 3.63) is 70.5 Å². The van der Waals surface area contributed by atoms with Crippen molar-refractivity contribution in [3.8, 4) is 10.4 Å². The predicted octanol–water partition coefficient (Wildman–Crippen LogP) is 4.81. The first-order valence-electron chi connectivity index (χ1n) is 9.10. The van der Waals surface area contributed by atoms with Gasteiger partial charge in [-0.25, -0.2) is 9.97 Å². The van der Waals surface area contributed by atoms with E-state index in [9.17, 15) is 9.59 Å². The van der Waals surface area contributed by atoms with Gasteiger partial charge in [0.1, 0.15) is 4.83 Å². The SMILES string of the molecule is C=CCn1c(SCC(=O)Nc2nc(C)cs2)nc2sc(-c3ccccc3)cc2c1=O. The summed E-state index contributed by atoms with van der Waals surface area (Å²) in [5, 5.41) is 6.29. The van der Waals surface area contributed by atoms with E-state index in [2.05, 4.69) is 21.9 Å². The number of carbonyl (C=O) groups is 1. The summed E-state index contributed by atoms with van der Waals surface area (Å²) in [5.41, 5.74) is 1.78. The number of anilines is 1. The number of nitrogens with zero attached hydrogens (tertiary/aromatic N) is 3. The zero-order chi connectivity index (χ0) is 21.1. The van der Waals surface area contributed by atoms with Gasteiger partial charge in [0, 0.05) is 16.8 Å². The number of aromatic nitrogens is 3. The van der Waals surface area contributed by atoms with E-state index >= 15 is 0 Å². The van der Waals surface area contributed by atoms with E-state index in [1.54, 1.807) is 10.6 Å². The van der Waals surface area contributed by atoms with Crippen LogP contribution in [0, 0.1) is 6.92 Å². The number of thiazole rings is 1. The maximum Gasteiger partial charge on any atom is 0.263 e. The summed E-state index contributed by atoms with van der Waals surface area (Å²) in [5.74, 6) is -0.0602. The molecule has 0 aliphatic rings. The molecule has 0 saturated heterocycles. The molecule has 0 aliphatic carbocycles. The number of benzene rings is 1. The van der Waals surface area contributed by atoms with Crippen molar-refractivity contribution >= 4 is 55.7 Å². The fraction of sp³-hybridized carbons (Fsp3) is 0.143. The largest absolute Gasteiger partial charge is 0.301 e. The second kappa shape index (κ2) is 8.95. The number of fused-ring (bicyclic) bond motifs is 1. The topological polar surface area (TPSA) is 76.9 Å². The third kappa shape index (κ3) is 4.38. The van der Waals surface area contributed by atoms with E-state index in [0.29, 0.717) is 27.0 Å². The minimum absolute atomic E-state index is 0.128. The number of nitrogens with one attached hydrogen (secondary N) is 1. The Morgan fingerprint density at radius 1 is 1.30 bits per heavy atom. The maximum atomic E-state index is 13.1. The second-order valence-electron chi connectivity index (χ2n) is 6.43. The number of allylic oxidation sites excluding steroid dienone is 1. The van der Waals surface area contributed by atoms with E-state index in [1.165, 1.54) is 34.4 Å². The van der Waals surface area contributed by atoms with Gasteiger partial charge in [0.25, 0.3) is 5.56 Å². The summed E-state index contributed by atoms with van der Waals surface area (Å²) in [7, 11) is 0. The van der Waals surface area contributed by atoms with Crippen LogP contribution in [-0.4, -0.2) is 26.2 Å². The molecule has 30 heavy (non-hydrogen) atoms. The lowest BCUT2D eigenvalue weighted by Crippen LogP contribution is -2.23. The van der Waals surface area contributed by atoms with Gasteiger partial charge in [-0.05, 0) is 18.6 Å². The molecule has 6 nitrogen and oxygen atoms in total. The zero-order valence-corrected chi connectivity index (χ0v) is 18.6. The van der Waals surface area contributed by atoms with Crippen LogP contribution in [-0.2, 0) is 11.3 Å². The van der Waals surface area contributed by atoms with Gasteiger partial charge in [-0.2, -0.15) is 0 Å². The highest BCUT2D eigenvalue weighted by Crippen LogP contribution is 2.32. The zero-order valence-electron chi connectivity index (χ0n) is 16.1. The van der Waals surface area contributed by atoms with E-state index < -0.39 is 0 Å². The van der Waals surface area contributed by atoms with Crippen molar-refractivity contribution in [2.75, 3.05) is 11.1 Å². The monoisotopic (exact) mass is 454 g/mol. The number of hydrogen-bond acceptors (Lipinski definition) is 7. The molecule has 0 atom stereocenters. The van der Waals surface area contributed by atoms with Crippen molar-refractivity contribution in [2.45, 2.75) is 18.6 Å². The van der Waals surface area contributed by atoms with E-state index in [-0.39, 0.29) is 17.2 Å². The fourth-order valence-electron chi connectivity index (χ4n) is 2.84. The van der Waals surface area contributed by atoms with Gasteiger partial charge in [-0.15, -0.1) is 29.3 Å². The van der Waals surface area contributed by atoms with Crippen LogP contribution in [0.25, 0.3) is 20.7 Å². The van der Waals surface area contributed by atoms with Crippen LogP contribution < -0.4 is 10.9 Å².